The topological polar surface area (TPSA) is 54.0 Å². The molecule has 0 heterocycles. The van der Waals surface area contributed by atoms with Crippen LogP contribution in [0.2, 0.25) is 0 Å². The number of allylic oxidation sites excluding steroid dienone is 2. The van der Waals surface area contributed by atoms with Gasteiger partial charge in [0.15, 0.2) is 6.79 Å². The average molecular weight is 316 g/mol. The molecule has 1 aliphatic carbocycles. The van der Waals surface area contributed by atoms with Gasteiger partial charge in [0.2, 0.25) is 0 Å². The van der Waals surface area contributed by atoms with Crippen LogP contribution in [0.5, 0.6) is 0 Å². The lowest BCUT2D eigenvalue weighted by atomic mass is 10.1. The van der Waals surface area contributed by atoms with Crippen LogP contribution in [0.25, 0.3) is 0 Å². The van der Waals surface area contributed by atoms with Gasteiger partial charge in [-0.05, 0) is 24.3 Å². The van der Waals surface area contributed by atoms with Crippen LogP contribution >= 0.6 is 0 Å². The summed E-state index contributed by atoms with van der Waals surface area (Å²) < 4.78 is 21.0. The number of methoxy groups -OCH3 is 1. The first-order valence-electron chi connectivity index (χ1n) is 7.27. The molecule has 0 saturated heterocycles. The number of rotatable bonds is 8. The summed E-state index contributed by atoms with van der Waals surface area (Å²) in [5, 5.41) is 0. The number of ether oxygens (including phenoxy) is 4. The Morgan fingerprint density at radius 1 is 1.22 bits per heavy atom. The first kappa shape index (κ1) is 17.0. The van der Waals surface area contributed by atoms with Crippen LogP contribution in [0, 0.1) is 0 Å². The van der Waals surface area contributed by atoms with Crippen LogP contribution in [-0.4, -0.2) is 33.1 Å². The number of benzene rings is 1. The molecule has 0 amide bonds. The van der Waals surface area contributed by atoms with E-state index in [1.807, 2.05) is 12.1 Å². The molecule has 0 spiro atoms. The van der Waals surface area contributed by atoms with Gasteiger partial charge in [-0.15, -0.1) is 0 Å². The van der Waals surface area contributed by atoms with Gasteiger partial charge in [0.1, 0.15) is 11.5 Å². The molecule has 0 radical (unpaired) electrons. The van der Waals surface area contributed by atoms with Crippen molar-refractivity contribution in [2.75, 3.05) is 27.1 Å². The van der Waals surface area contributed by atoms with Crippen LogP contribution in [0.4, 0.5) is 0 Å². The Labute approximate surface area is 135 Å². The molecule has 0 saturated carbocycles. The minimum Gasteiger partial charge on any atom is -0.467 e. The molecular formula is C18H20O5. The third-order valence-electron chi connectivity index (χ3n) is 3.10. The molecule has 23 heavy (non-hydrogen) atoms. The summed E-state index contributed by atoms with van der Waals surface area (Å²) in [5.41, 5.74) is 1.15. The summed E-state index contributed by atoms with van der Waals surface area (Å²) in [6.07, 6.45) is 3.98. The molecule has 0 fully saturated rings. The van der Waals surface area contributed by atoms with Gasteiger partial charge in [0.25, 0.3) is 0 Å². The van der Waals surface area contributed by atoms with E-state index in [-0.39, 0.29) is 12.8 Å². The molecule has 0 atom stereocenters. The van der Waals surface area contributed by atoms with Crippen molar-refractivity contribution < 1.29 is 23.7 Å². The predicted molar refractivity (Wildman–Crippen MR) is 85.6 cm³/mol. The zero-order chi connectivity index (χ0) is 16.5. The molecule has 5 nitrogen and oxygen atoms in total. The van der Waals surface area contributed by atoms with E-state index >= 15 is 0 Å². The highest BCUT2D eigenvalue weighted by molar-refractivity contribution is 5.90. The summed E-state index contributed by atoms with van der Waals surface area (Å²) in [7, 11) is 1.61. The molecule has 0 aliphatic heterocycles. The molecule has 122 valence electrons. The molecule has 0 unspecified atom stereocenters. The normalized spacial score (nSPS) is 14.0. The maximum absolute atomic E-state index is 12.0. The standard InChI is InChI=1S/C18H20O5/c1-14-12-16(23-18(19)15-6-4-3-5-7-15)8-9-17(14)22-13-21-11-10-20-2/h3-7,9,12H,1,8,10-11,13H2,2H3. The van der Waals surface area contributed by atoms with Crippen molar-refractivity contribution in [2.24, 2.45) is 0 Å². The number of hydrogen-bond acceptors (Lipinski definition) is 5. The second kappa shape index (κ2) is 8.92. The molecule has 0 aromatic heterocycles. The second-order valence-electron chi connectivity index (χ2n) is 4.83. The highest BCUT2D eigenvalue weighted by Gasteiger charge is 2.15. The van der Waals surface area contributed by atoms with Crippen LogP contribution in [0.15, 0.2) is 66.2 Å². The van der Waals surface area contributed by atoms with E-state index in [0.717, 1.165) is 0 Å². The van der Waals surface area contributed by atoms with Gasteiger partial charge >= 0.3 is 5.97 Å². The summed E-state index contributed by atoms with van der Waals surface area (Å²) in [4.78, 5) is 12.0. The van der Waals surface area contributed by atoms with Crippen molar-refractivity contribution in [1.29, 1.82) is 0 Å². The van der Waals surface area contributed by atoms with Gasteiger partial charge in [0.05, 0.1) is 18.8 Å². The number of esters is 1. The first-order chi connectivity index (χ1) is 11.2. The highest BCUT2D eigenvalue weighted by atomic mass is 16.7. The molecule has 1 aliphatic rings. The van der Waals surface area contributed by atoms with Crippen LogP contribution in [-0.2, 0) is 18.9 Å². The number of carbonyl (C=O) groups excluding carboxylic acids is 1. The Morgan fingerprint density at radius 3 is 2.70 bits per heavy atom. The lowest BCUT2D eigenvalue weighted by molar-refractivity contribution is -0.0376. The minimum absolute atomic E-state index is 0.126. The predicted octanol–water partition coefficient (Wildman–Crippen LogP) is 3.21. The Balaban J connectivity index is 1.81. The zero-order valence-corrected chi connectivity index (χ0v) is 13.1. The van der Waals surface area contributed by atoms with Crippen LogP contribution in [0.1, 0.15) is 16.8 Å². The second-order valence-corrected chi connectivity index (χ2v) is 4.83. The summed E-state index contributed by atoms with van der Waals surface area (Å²) >= 11 is 0. The monoisotopic (exact) mass is 316 g/mol. The van der Waals surface area contributed by atoms with Gasteiger partial charge in [-0.25, -0.2) is 4.79 Å². The Morgan fingerprint density at radius 2 is 2.00 bits per heavy atom. The quantitative estimate of drug-likeness (QED) is 0.419. The van der Waals surface area contributed by atoms with Gasteiger partial charge in [-0.1, -0.05) is 24.8 Å². The Kier molecular flexibility index (Phi) is 6.59. The molecule has 2 rings (SSSR count). The molecule has 1 aromatic carbocycles. The largest absolute Gasteiger partial charge is 0.467 e. The smallest absolute Gasteiger partial charge is 0.343 e. The van der Waals surface area contributed by atoms with E-state index in [1.54, 1.807) is 37.5 Å². The number of carbonyl (C=O) groups is 1. The van der Waals surface area contributed by atoms with Crippen molar-refractivity contribution in [3.05, 3.63) is 71.7 Å². The van der Waals surface area contributed by atoms with Gasteiger partial charge in [-0.3, -0.25) is 0 Å². The number of hydrogen-bond donors (Lipinski definition) is 0. The minimum atomic E-state index is -0.384. The Hall–Kier alpha value is -2.37. The summed E-state index contributed by atoms with van der Waals surface area (Å²) in [6.45, 7) is 5.01. The highest BCUT2D eigenvalue weighted by Crippen LogP contribution is 2.23. The zero-order valence-electron chi connectivity index (χ0n) is 13.1. The first-order valence-corrected chi connectivity index (χ1v) is 7.27. The van der Waals surface area contributed by atoms with E-state index in [9.17, 15) is 4.79 Å². The van der Waals surface area contributed by atoms with E-state index in [2.05, 4.69) is 6.58 Å². The van der Waals surface area contributed by atoms with Gasteiger partial charge < -0.3 is 18.9 Å². The maximum Gasteiger partial charge on any atom is 0.343 e. The van der Waals surface area contributed by atoms with E-state index < -0.39 is 0 Å². The molecular weight excluding hydrogens is 296 g/mol. The maximum atomic E-state index is 12.0. The fourth-order valence-corrected chi connectivity index (χ4v) is 1.93. The van der Waals surface area contributed by atoms with Crippen molar-refractivity contribution in [3.63, 3.8) is 0 Å². The van der Waals surface area contributed by atoms with E-state index in [0.29, 0.717) is 42.3 Å². The molecule has 1 aromatic rings. The molecule has 0 N–H and O–H groups in total. The summed E-state index contributed by atoms with van der Waals surface area (Å²) in [5.74, 6) is 0.781. The average Bonchev–Trinajstić information content (AvgIpc) is 2.57. The lowest BCUT2D eigenvalue weighted by Gasteiger charge is -2.17. The third-order valence-corrected chi connectivity index (χ3v) is 3.10. The van der Waals surface area contributed by atoms with Crippen molar-refractivity contribution >= 4 is 5.97 Å². The van der Waals surface area contributed by atoms with Crippen LogP contribution in [0.3, 0.4) is 0 Å². The van der Waals surface area contributed by atoms with E-state index in [4.69, 9.17) is 18.9 Å². The lowest BCUT2D eigenvalue weighted by Crippen LogP contribution is -2.10. The third kappa shape index (κ3) is 5.39. The van der Waals surface area contributed by atoms with Crippen molar-refractivity contribution in [1.82, 2.24) is 0 Å². The SMILES string of the molecule is C=C1C=C(OC(=O)c2ccccc2)CC=C1OCOCCOC. The van der Waals surface area contributed by atoms with Crippen molar-refractivity contribution in [3.8, 4) is 0 Å². The fraction of sp³-hybridized carbons (Fsp3) is 0.278. The molecule has 5 heteroatoms. The fourth-order valence-electron chi connectivity index (χ4n) is 1.93. The van der Waals surface area contributed by atoms with Gasteiger partial charge in [-0.2, -0.15) is 0 Å². The van der Waals surface area contributed by atoms with Crippen LogP contribution < -0.4 is 0 Å². The van der Waals surface area contributed by atoms with E-state index in [1.165, 1.54) is 0 Å². The van der Waals surface area contributed by atoms with Gasteiger partial charge in [0, 0.05) is 19.1 Å². The Bertz CT molecular complexity index is 601. The summed E-state index contributed by atoms with van der Waals surface area (Å²) in [6, 6.07) is 8.85. The van der Waals surface area contributed by atoms with Crippen molar-refractivity contribution in [2.45, 2.75) is 6.42 Å². The molecule has 0 bridgehead atoms.